The molecule has 1 aliphatic carbocycles. The number of benzene rings is 2. The minimum atomic E-state index is -3.93. The Kier molecular flexibility index (Phi) is 9.00. The first-order valence-electron chi connectivity index (χ1n) is 12.5. The van der Waals surface area contributed by atoms with Gasteiger partial charge in [-0.1, -0.05) is 30.3 Å². The molecule has 1 heterocycles. The molecule has 1 saturated carbocycles. The molecule has 9 heteroatoms. The molecule has 37 heavy (non-hydrogen) atoms. The van der Waals surface area contributed by atoms with E-state index in [2.05, 4.69) is 15.0 Å². The Labute approximate surface area is 216 Å². The fraction of sp³-hybridized carbons (Fsp3) is 0.357. The van der Waals surface area contributed by atoms with Gasteiger partial charge in [-0.3, -0.25) is 9.78 Å². The van der Waals surface area contributed by atoms with Crippen LogP contribution in [-0.2, 0) is 21.2 Å². The molecule has 1 aromatic heterocycles. The molecule has 2 N–H and O–H groups in total. The minimum Gasteiger partial charge on any atom is -0.355 e. The van der Waals surface area contributed by atoms with Crippen LogP contribution in [-0.4, -0.2) is 32.4 Å². The number of rotatable bonds is 10. The predicted octanol–water partition coefficient (Wildman–Crippen LogP) is 4.59. The summed E-state index contributed by atoms with van der Waals surface area (Å²) in [5, 5.41) is 3.08. The Morgan fingerprint density at radius 2 is 1.70 bits per heavy atom. The molecule has 1 atom stereocenters. The van der Waals surface area contributed by atoms with Gasteiger partial charge >= 0.3 is 0 Å². The van der Waals surface area contributed by atoms with E-state index in [1.54, 1.807) is 24.5 Å². The highest BCUT2D eigenvalue weighted by Gasteiger charge is 2.28. The summed E-state index contributed by atoms with van der Waals surface area (Å²) in [4.78, 5) is 16.8. The van der Waals surface area contributed by atoms with Crippen LogP contribution in [0.5, 0.6) is 0 Å². The van der Waals surface area contributed by atoms with Crippen LogP contribution >= 0.6 is 0 Å². The van der Waals surface area contributed by atoms with Crippen molar-refractivity contribution in [3.8, 4) is 0 Å². The van der Waals surface area contributed by atoms with Crippen LogP contribution in [0, 0.1) is 23.5 Å². The van der Waals surface area contributed by atoms with Gasteiger partial charge in [0.15, 0.2) is 0 Å². The average molecular weight is 528 g/mol. The second-order valence-electron chi connectivity index (χ2n) is 9.56. The second-order valence-corrected chi connectivity index (χ2v) is 11.3. The number of halogens is 2. The topological polar surface area (TPSA) is 88.2 Å². The Bertz CT molecular complexity index is 1280. The lowest BCUT2D eigenvalue weighted by molar-refractivity contribution is -0.126. The first-order valence-corrected chi connectivity index (χ1v) is 14.0. The first-order chi connectivity index (χ1) is 17.8. The van der Waals surface area contributed by atoms with Crippen LogP contribution in [0.15, 0.2) is 78.0 Å². The summed E-state index contributed by atoms with van der Waals surface area (Å²) in [7, 11) is -3.93. The summed E-state index contributed by atoms with van der Waals surface area (Å²) in [5.74, 6) is -1.20. The summed E-state index contributed by atoms with van der Waals surface area (Å²) in [6, 6.07) is 15.5. The second kappa shape index (κ2) is 12.4. The lowest BCUT2D eigenvalue weighted by Crippen LogP contribution is -2.38. The summed E-state index contributed by atoms with van der Waals surface area (Å²) < 4.78 is 54.7. The van der Waals surface area contributed by atoms with Gasteiger partial charge < -0.3 is 5.32 Å². The van der Waals surface area contributed by atoms with E-state index in [0.717, 1.165) is 17.2 Å². The fourth-order valence-electron chi connectivity index (χ4n) is 4.81. The van der Waals surface area contributed by atoms with E-state index in [1.165, 1.54) is 30.3 Å². The SMILES string of the molecule is O=C(NCC(Cc1cccnc1)c1ccc(F)cc1)[C@H]1CC[C@H](CNS(=O)(=O)c2ccccc2F)CC1. The summed E-state index contributed by atoms with van der Waals surface area (Å²) in [5.41, 5.74) is 1.97. The molecule has 2 aromatic carbocycles. The molecule has 1 fully saturated rings. The molecule has 1 aliphatic rings. The molecule has 4 rings (SSSR count). The molecule has 0 aliphatic heterocycles. The molecule has 0 radical (unpaired) electrons. The quantitative estimate of drug-likeness (QED) is 0.404. The number of pyridine rings is 1. The Morgan fingerprint density at radius 1 is 0.973 bits per heavy atom. The number of hydrogen-bond acceptors (Lipinski definition) is 4. The van der Waals surface area contributed by atoms with Gasteiger partial charge in [0.1, 0.15) is 16.5 Å². The number of carbonyl (C=O) groups excluding carboxylic acids is 1. The molecule has 6 nitrogen and oxygen atoms in total. The third-order valence-electron chi connectivity index (χ3n) is 6.97. The van der Waals surface area contributed by atoms with Crippen LogP contribution < -0.4 is 10.0 Å². The standard InChI is InChI=1S/C28H31F2N3O3S/c29-25-13-11-22(12-14-25)24(16-21-4-3-15-31-17-21)19-32-28(34)23-9-7-20(8-10-23)18-33-37(35,36)27-6-2-1-5-26(27)30/h1-6,11-15,17,20,23-24,33H,7-10,16,18-19H2,(H,32,34)/t20-,23-,24?. The largest absolute Gasteiger partial charge is 0.355 e. The molecule has 0 bridgehead atoms. The van der Waals surface area contributed by atoms with E-state index in [0.29, 0.717) is 38.6 Å². The van der Waals surface area contributed by atoms with Crippen molar-refractivity contribution in [1.29, 1.82) is 0 Å². The van der Waals surface area contributed by atoms with E-state index in [4.69, 9.17) is 0 Å². The molecule has 1 amide bonds. The highest BCUT2D eigenvalue weighted by atomic mass is 32.2. The molecule has 0 saturated heterocycles. The van der Waals surface area contributed by atoms with Gasteiger partial charge in [-0.2, -0.15) is 0 Å². The Balaban J connectivity index is 1.28. The lowest BCUT2D eigenvalue weighted by atomic mass is 9.81. The van der Waals surface area contributed by atoms with Crippen molar-refractivity contribution in [3.63, 3.8) is 0 Å². The number of sulfonamides is 1. The smallest absolute Gasteiger partial charge is 0.243 e. The third-order valence-corrected chi connectivity index (χ3v) is 8.43. The normalized spacial score (nSPS) is 18.8. The molecular weight excluding hydrogens is 496 g/mol. The fourth-order valence-corrected chi connectivity index (χ4v) is 6.00. The maximum atomic E-state index is 13.9. The highest BCUT2D eigenvalue weighted by molar-refractivity contribution is 7.89. The van der Waals surface area contributed by atoms with Crippen molar-refractivity contribution >= 4 is 15.9 Å². The number of carbonyl (C=O) groups is 1. The van der Waals surface area contributed by atoms with Crippen molar-refractivity contribution in [2.75, 3.05) is 13.1 Å². The third kappa shape index (κ3) is 7.42. The predicted molar refractivity (Wildman–Crippen MR) is 137 cm³/mol. The average Bonchev–Trinajstić information content (AvgIpc) is 2.91. The zero-order chi connectivity index (χ0) is 26.3. The number of amides is 1. The number of nitrogens with one attached hydrogen (secondary N) is 2. The monoisotopic (exact) mass is 527 g/mol. The number of hydrogen-bond donors (Lipinski definition) is 2. The van der Waals surface area contributed by atoms with Crippen LogP contribution in [0.25, 0.3) is 0 Å². The van der Waals surface area contributed by atoms with Gasteiger partial charge in [0.05, 0.1) is 0 Å². The molecule has 1 unspecified atom stereocenters. The van der Waals surface area contributed by atoms with Crippen LogP contribution in [0.4, 0.5) is 8.78 Å². The summed E-state index contributed by atoms with van der Waals surface area (Å²) >= 11 is 0. The van der Waals surface area contributed by atoms with Gasteiger partial charge in [-0.25, -0.2) is 21.9 Å². The van der Waals surface area contributed by atoms with Crippen molar-refractivity contribution in [3.05, 3.63) is 95.8 Å². The van der Waals surface area contributed by atoms with E-state index < -0.39 is 15.8 Å². The Hall–Kier alpha value is -3.17. The highest BCUT2D eigenvalue weighted by Crippen LogP contribution is 2.29. The summed E-state index contributed by atoms with van der Waals surface area (Å²) in [6.07, 6.45) is 6.88. The van der Waals surface area contributed by atoms with Gasteiger partial charge in [-0.05, 0) is 79.5 Å². The van der Waals surface area contributed by atoms with Crippen molar-refractivity contribution in [1.82, 2.24) is 15.0 Å². The van der Waals surface area contributed by atoms with Crippen molar-refractivity contribution < 1.29 is 22.0 Å². The maximum Gasteiger partial charge on any atom is 0.243 e. The van der Waals surface area contributed by atoms with Crippen LogP contribution in [0.2, 0.25) is 0 Å². The summed E-state index contributed by atoms with van der Waals surface area (Å²) in [6.45, 7) is 0.629. The van der Waals surface area contributed by atoms with Gasteiger partial charge in [-0.15, -0.1) is 0 Å². The number of nitrogens with zero attached hydrogens (tertiary/aromatic N) is 1. The molecule has 0 spiro atoms. The van der Waals surface area contributed by atoms with Crippen molar-refractivity contribution in [2.45, 2.75) is 42.9 Å². The molecule has 196 valence electrons. The van der Waals surface area contributed by atoms with Gasteiger partial charge in [0, 0.05) is 37.3 Å². The van der Waals surface area contributed by atoms with E-state index >= 15 is 0 Å². The maximum absolute atomic E-state index is 13.9. The number of aromatic nitrogens is 1. The van der Waals surface area contributed by atoms with E-state index in [9.17, 15) is 22.0 Å². The van der Waals surface area contributed by atoms with Gasteiger partial charge in [0.2, 0.25) is 15.9 Å². The Morgan fingerprint density at radius 3 is 2.38 bits per heavy atom. The molecule has 3 aromatic rings. The zero-order valence-corrected chi connectivity index (χ0v) is 21.3. The van der Waals surface area contributed by atoms with E-state index in [-0.39, 0.29) is 40.9 Å². The van der Waals surface area contributed by atoms with Crippen molar-refractivity contribution in [2.24, 2.45) is 11.8 Å². The van der Waals surface area contributed by atoms with E-state index in [1.807, 2.05) is 12.1 Å². The van der Waals surface area contributed by atoms with Crippen LogP contribution in [0.3, 0.4) is 0 Å². The zero-order valence-electron chi connectivity index (χ0n) is 20.4. The van der Waals surface area contributed by atoms with Gasteiger partial charge in [0.25, 0.3) is 0 Å². The minimum absolute atomic E-state index is 0.0244. The van der Waals surface area contributed by atoms with Crippen LogP contribution in [0.1, 0.15) is 42.7 Å². The lowest BCUT2D eigenvalue weighted by Gasteiger charge is -2.28. The molecular formula is C28H31F2N3O3S. The first kappa shape index (κ1) is 26.9.